The second kappa shape index (κ2) is 2.18. The Balaban J connectivity index is 2.36. The number of allylic oxidation sites excluding steroid dienone is 2. The molecule has 9 heavy (non-hydrogen) atoms. The Kier molecular flexibility index (Phi) is 1.81. The zero-order valence-electron chi connectivity index (χ0n) is 6.91. The van der Waals surface area contributed by atoms with Gasteiger partial charge in [-0.15, -0.1) is 0 Å². The van der Waals surface area contributed by atoms with E-state index < -0.39 is 0 Å². The number of hydrogen-bond acceptors (Lipinski definition) is 0. The third-order valence-corrected chi connectivity index (χ3v) is 1.70. The molecule has 0 unspecified atom stereocenters. The van der Waals surface area contributed by atoms with Crippen molar-refractivity contribution in [1.82, 2.24) is 0 Å². The molecule has 1 aliphatic rings. The van der Waals surface area contributed by atoms with E-state index in [0.717, 1.165) is 0 Å². The fourth-order valence-electron chi connectivity index (χ4n) is 1.13. The third kappa shape index (κ3) is 2.61. The third-order valence-electron chi connectivity index (χ3n) is 1.70. The molecule has 0 spiro atoms. The summed E-state index contributed by atoms with van der Waals surface area (Å²) in [5.74, 6) is 0. The summed E-state index contributed by atoms with van der Waals surface area (Å²) < 4.78 is 1.63. The predicted molar refractivity (Wildman–Crippen MR) is 41.5 cm³/mol. The van der Waals surface area contributed by atoms with Crippen LogP contribution in [0.25, 0.3) is 0 Å². The van der Waals surface area contributed by atoms with Crippen LogP contribution in [0.5, 0.6) is 0 Å². The van der Waals surface area contributed by atoms with E-state index in [9.17, 15) is 0 Å². The van der Waals surface area contributed by atoms with E-state index >= 15 is 0 Å². The van der Waals surface area contributed by atoms with Crippen LogP contribution in [0.2, 0.25) is 0 Å². The van der Waals surface area contributed by atoms with E-state index in [2.05, 4.69) is 38.5 Å². The van der Waals surface area contributed by atoms with Gasteiger partial charge in [0.1, 0.15) is 0 Å². The Morgan fingerprint density at radius 2 is 1.89 bits per heavy atom. The van der Waals surface area contributed by atoms with Gasteiger partial charge in [-0.1, -0.05) is 0 Å². The van der Waals surface area contributed by atoms with E-state index in [4.69, 9.17) is 0 Å². The quantitative estimate of drug-likeness (QED) is 0.461. The van der Waals surface area contributed by atoms with Gasteiger partial charge in [-0.25, -0.2) is 0 Å². The SMILES string of the molecule is [Li][C]1=C(CC(C)(C)C)C1. The summed E-state index contributed by atoms with van der Waals surface area (Å²) in [5, 5.41) is 0. The molecule has 0 bridgehead atoms. The Hall–Kier alpha value is 0.337. The number of hydrogen-bond donors (Lipinski definition) is 0. The second-order valence-corrected chi connectivity index (χ2v) is 4.30. The topological polar surface area (TPSA) is 0 Å². The Bertz CT molecular complexity index is 148. The molecular formula is C8H13Li. The minimum absolute atomic E-state index is 0.507. The van der Waals surface area contributed by atoms with Crippen LogP contribution in [-0.2, 0) is 0 Å². The molecule has 0 aromatic rings. The Labute approximate surface area is 66.9 Å². The van der Waals surface area contributed by atoms with Crippen molar-refractivity contribution in [2.24, 2.45) is 5.41 Å². The van der Waals surface area contributed by atoms with Crippen molar-refractivity contribution in [2.75, 3.05) is 0 Å². The van der Waals surface area contributed by atoms with Gasteiger partial charge in [0.15, 0.2) is 0 Å². The number of rotatable bonds is 1. The normalized spacial score (nSPS) is 18.8. The summed E-state index contributed by atoms with van der Waals surface area (Å²) in [4.78, 5) is 0. The van der Waals surface area contributed by atoms with Crippen LogP contribution < -0.4 is 0 Å². The average Bonchev–Trinajstić information content (AvgIpc) is 2.13. The van der Waals surface area contributed by atoms with E-state index in [1.807, 2.05) is 0 Å². The first-order valence-corrected chi connectivity index (χ1v) is 3.66. The summed E-state index contributed by atoms with van der Waals surface area (Å²) in [6.07, 6.45) is 2.62. The van der Waals surface area contributed by atoms with Crippen LogP contribution in [0.15, 0.2) is 9.82 Å². The minimum atomic E-state index is 0.507. The summed E-state index contributed by atoms with van der Waals surface area (Å²) in [6, 6.07) is 0. The molecular weight excluding hydrogens is 103 g/mol. The van der Waals surface area contributed by atoms with E-state index in [1.54, 1.807) is 9.82 Å². The van der Waals surface area contributed by atoms with Crippen LogP contribution in [0.1, 0.15) is 33.6 Å². The molecule has 0 N–H and O–H groups in total. The van der Waals surface area contributed by atoms with Crippen LogP contribution in [0.4, 0.5) is 0 Å². The van der Waals surface area contributed by atoms with E-state index in [0.29, 0.717) is 5.41 Å². The van der Waals surface area contributed by atoms with Gasteiger partial charge >= 0.3 is 66.6 Å². The standard InChI is InChI=1S/C8H13.Li/c1-8(2,3)6-7-4-5-7;/h4,6H2,1-3H3;. The van der Waals surface area contributed by atoms with Crippen molar-refractivity contribution < 1.29 is 0 Å². The van der Waals surface area contributed by atoms with E-state index in [1.165, 1.54) is 12.8 Å². The van der Waals surface area contributed by atoms with Crippen molar-refractivity contribution >= 4 is 17.7 Å². The molecule has 0 aromatic carbocycles. The van der Waals surface area contributed by atoms with Gasteiger partial charge in [-0.2, -0.15) is 0 Å². The van der Waals surface area contributed by atoms with Gasteiger partial charge in [-0.05, 0) is 0 Å². The fraction of sp³-hybridized carbons (Fsp3) is 0.750. The maximum atomic E-state index is 2.30. The molecule has 0 radical (unpaired) electrons. The first-order valence-electron chi connectivity index (χ1n) is 3.66. The average molecular weight is 116 g/mol. The van der Waals surface area contributed by atoms with Crippen LogP contribution >= 0.6 is 0 Å². The summed E-state index contributed by atoms with van der Waals surface area (Å²) in [6.45, 7) is 6.89. The molecule has 0 aromatic heterocycles. The molecule has 0 saturated heterocycles. The molecule has 0 nitrogen and oxygen atoms in total. The van der Waals surface area contributed by atoms with Crippen molar-refractivity contribution in [3.63, 3.8) is 0 Å². The first-order chi connectivity index (χ1) is 3.99. The molecule has 1 aliphatic carbocycles. The fourth-order valence-corrected chi connectivity index (χ4v) is 1.13. The van der Waals surface area contributed by atoms with Crippen LogP contribution in [0.3, 0.4) is 0 Å². The summed E-state index contributed by atoms with van der Waals surface area (Å²) in [5.41, 5.74) is 2.20. The van der Waals surface area contributed by atoms with Gasteiger partial charge < -0.3 is 0 Å². The second-order valence-electron chi connectivity index (χ2n) is 4.30. The molecule has 0 fully saturated rings. The summed E-state index contributed by atoms with van der Waals surface area (Å²) in [7, 11) is 0. The monoisotopic (exact) mass is 116 g/mol. The van der Waals surface area contributed by atoms with Gasteiger partial charge in [0.2, 0.25) is 0 Å². The Morgan fingerprint density at radius 3 is 2.00 bits per heavy atom. The maximum absolute atomic E-state index is 2.30. The molecule has 1 heteroatoms. The first kappa shape index (κ1) is 7.44. The van der Waals surface area contributed by atoms with Crippen LogP contribution in [-0.4, -0.2) is 17.7 Å². The van der Waals surface area contributed by atoms with Gasteiger partial charge in [-0.3, -0.25) is 0 Å². The summed E-state index contributed by atoms with van der Waals surface area (Å²) >= 11 is 2.24. The molecule has 0 aliphatic heterocycles. The van der Waals surface area contributed by atoms with Crippen LogP contribution in [0, 0.1) is 5.41 Å². The van der Waals surface area contributed by atoms with Crippen molar-refractivity contribution in [3.8, 4) is 0 Å². The van der Waals surface area contributed by atoms with Crippen molar-refractivity contribution in [3.05, 3.63) is 9.82 Å². The molecule has 46 valence electrons. The molecule has 0 heterocycles. The Morgan fingerprint density at radius 1 is 1.44 bits per heavy atom. The van der Waals surface area contributed by atoms with Gasteiger partial charge in [0.05, 0.1) is 0 Å². The van der Waals surface area contributed by atoms with Gasteiger partial charge in [0, 0.05) is 0 Å². The predicted octanol–water partition coefficient (Wildman–Crippen LogP) is 2.25. The molecule has 0 atom stereocenters. The van der Waals surface area contributed by atoms with Crippen molar-refractivity contribution in [2.45, 2.75) is 33.6 Å². The zero-order chi connectivity index (χ0) is 7.07. The molecule has 1 rings (SSSR count). The molecule has 0 saturated carbocycles. The van der Waals surface area contributed by atoms with E-state index in [-0.39, 0.29) is 0 Å². The van der Waals surface area contributed by atoms with Crippen molar-refractivity contribution in [1.29, 1.82) is 0 Å². The van der Waals surface area contributed by atoms with Gasteiger partial charge in [0.25, 0.3) is 0 Å². The zero-order valence-corrected chi connectivity index (χ0v) is 6.91. The molecule has 0 amide bonds.